The minimum absolute atomic E-state index is 0.199. The molecule has 1 atom stereocenters. The molecule has 1 heterocycles. The van der Waals surface area contributed by atoms with Crippen molar-refractivity contribution in [2.24, 2.45) is 0 Å². The highest BCUT2D eigenvalue weighted by Crippen LogP contribution is 2.41. The van der Waals surface area contributed by atoms with Crippen molar-refractivity contribution in [1.82, 2.24) is 4.98 Å². The van der Waals surface area contributed by atoms with Crippen LogP contribution in [0.2, 0.25) is 0 Å². The van der Waals surface area contributed by atoms with Crippen LogP contribution in [0.5, 0.6) is 5.75 Å². The maximum absolute atomic E-state index is 12.7. The predicted octanol–water partition coefficient (Wildman–Crippen LogP) is 3.95. The van der Waals surface area contributed by atoms with Crippen molar-refractivity contribution in [1.29, 1.82) is 0 Å². The van der Waals surface area contributed by atoms with Crippen LogP contribution in [0.25, 0.3) is 0 Å². The molecule has 0 saturated carbocycles. The monoisotopic (exact) mass is 460 g/mol. The van der Waals surface area contributed by atoms with E-state index < -0.39 is 17.2 Å². The largest absolute Gasteiger partial charge is 0.495 e. The summed E-state index contributed by atoms with van der Waals surface area (Å²) in [6.45, 7) is 2.99. The smallest absolute Gasteiger partial charge is 0.267 e. The number of amides is 2. The molecule has 31 heavy (non-hydrogen) atoms. The van der Waals surface area contributed by atoms with Crippen molar-refractivity contribution in [2.75, 3.05) is 22.0 Å². The van der Waals surface area contributed by atoms with E-state index in [0.29, 0.717) is 16.4 Å². The van der Waals surface area contributed by atoms with Gasteiger partial charge in [-0.2, -0.15) is 0 Å². The van der Waals surface area contributed by atoms with Gasteiger partial charge in [-0.15, -0.1) is 0 Å². The number of carbonyl (C=O) groups is 2. The lowest BCUT2D eigenvalue weighted by atomic mass is 10.1. The fraction of sp³-hybridized carbons (Fsp3) is 0.150. The van der Waals surface area contributed by atoms with Crippen molar-refractivity contribution in [3.8, 4) is 5.75 Å². The van der Waals surface area contributed by atoms with Gasteiger partial charge in [-0.05, 0) is 37.3 Å². The SMILES string of the molecule is COc1ccc(C(=O)Nc2ccccc2)cc1N(c1sc(NC(C)=O)nc1C)S(=O)O. The first-order chi connectivity index (χ1) is 14.8. The highest BCUT2D eigenvalue weighted by molar-refractivity contribution is 7.81. The number of hydrogen-bond donors (Lipinski definition) is 3. The number of rotatable bonds is 7. The third kappa shape index (κ3) is 5.26. The van der Waals surface area contributed by atoms with Crippen LogP contribution in [-0.2, 0) is 16.1 Å². The standard InChI is InChI=1S/C20H20N4O5S2/c1-12-19(30-20(21-12)22-13(2)25)24(31(27)28)16-11-14(9-10-17(16)29-3)18(26)23-15-7-5-4-6-8-15/h4-11H,1-3H3,(H,23,26)(H,27,28)(H,21,22,25). The molecule has 1 unspecified atom stereocenters. The summed E-state index contributed by atoms with van der Waals surface area (Å²) in [5.74, 6) is -0.416. The van der Waals surface area contributed by atoms with Gasteiger partial charge in [0.15, 0.2) is 5.13 Å². The lowest BCUT2D eigenvalue weighted by Crippen LogP contribution is -2.21. The molecule has 162 valence electrons. The summed E-state index contributed by atoms with van der Waals surface area (Å²) in [6, 6.07) is 13.5. The maximum atomic E-state index is 12.7. The van der Waals surface area contributed by atoms with Crippen LogP contribution >= 0.6 is 11.3 Å². The number of nitrogens with one attached hydrogen (secondary N) is 2. The summed E-state index contributed by atoms with van der Waals surface area (Å²) in [5, 5.41) is 5.94. The van der Waals surface area contributed by atoms with E-state index in [9.17, 15) is 18.4 Å². The van der Waals surface area contributed by atoms with Crippen LogP contribution in [-0.4, -0.2) is 32.7 Å². The number of para-hydroxylation sites is 1. The second-order valence-electron chi connectivity index (χ2n) is 6.32. The third-order valence-electron chi connectivity index (χ3n) is 4.09. The molecular weight excluding hydrogens is 440 g/mol. The average molecular weight is 461 g/mol. The van der Waals surface area contributed by atoms with Crippen LogP contribution < -0.4 is 19.7 Å². The molecular formula is C20H20N4O5S2. The summed E-state index contributed by atoms with van der Waals surface area (Å²) < 4.78 is 28.8. The van der Waals surface area contributed by atoms with E-state index >= 15 is 0 Å². The van der Waals surface area contributed by atoms with Gasteiger partial charge in [-0.25, -0.2) is 13.5 Å². The van der Waals surface area contributed by atoms with Gasteiger partial charge in [0.05, 0.1) is 12.8 Å². The van der Waals surface area contributed by atoms with Crippen molar-refractivity contribution in [2.45, 2.75) is 13.8 Å². The van der Waals surface area contributed by atoms with E-state index in [-0.39, 0.29) is 28.0 Å². The molecule has 0 aliphatic heterocycles. The zero-order chi connectivity index (χ0) is 22.5. The maximum Gasteiger partial charge on any atom is 0.267 e. The van der Waals surface area contributed by atoms with Crippen molar-refractivity contribution >= 4 is 55.9 Å². The molecule has 3 N–H and O–H groups in total. The first-order valence-electron chi connectivity index (χ1n) is 9.00. The summed E-state index contributed by atoms with van der Waals surface area (Å²) in [6.07, 6.45) is 0. The normalized spacial score (nSPS) is 11.5. The van der Waals surface area contributed by atoms with Crippen molar-refractivity contribution in [3.05, 3.63) is 59.8 Å². The number of benzene rings is 2. The minimum atomic E-state index is -2.51. The Hall–Kier alpha value is -3.28. The van der Waals surface area contributed by atoms with Gasteiger partial charge in [-0.1, -0.05) is 29.5 Å². The Balaban J connectivity index is 2.02. The summed E-state index contributed by atoms with van der Waals surface area (Å²) in [4.78, 5) is 28.3. The number of aromatic nitrogens is 1. The molecule has 0 saturated heterocycles. The summed E-state index contributed by atoms with van der Waals surface area (Å²) in [5.41, 5.74) is 1.51. The topological polar surface area (TPSA) is 121 Å². The number of thiazole rings is 1. The second kappa shape index (κ2) is 9.69. The first kappa shape index (κ1) is 22.4. The summed E-state index contributed by atoms with van der Waals surface area (Å²) in [7, 11) is 1.42. The highest BCUT2D eigenvalue weighted by atomic mass is 32.2. The Morgan fingerprint density at radius 2 is 1.87 bits per heavy atom. The molecule has 2 amide bonds. The Bertz CT molecular complexity index is 1130. The lowest BCUT2D eigenvalue weighted by Gasteiger charge is -2.21. The van der Waals surface area contributed by atoms with Gasteiger partial charge in [0.2, 0.25) is 5.91 Å². The molecule has 0 aliphatic rings. The highest BCUT2D eigenvalue weighted by Gasteiger charge is 2.26. The molecule has 0 fully saturated rings. The summed E-state index contributed by atoms with van der Waals surface area (Å²) >= 11 is -1.48. The van der Waals surface area contributed by atoms with E-state index in [1.54, 1.807) is 43.3 Å². The zero-order valence-electron chi connectivity index (χ0n) is 16.9. The van der Waals surface area contributed by atoms with E-state index in [0.717, 1.165) is 15.6 Å². The Morgan fingerprint density at radius 1 is 1.16 bits per heavy atom. The first-order valence-corrected chi connectivity index (χ1v) is 10.9. The lowest BCUT2D eigenvalue weighted by molar-refractivity contribution is -0.114. The number of aryl methyl sites for hydroxylation is 1. The number of carbonyl (C=O) groups excluding carboxylic acids is 2. The van der Waals surface area contributed by atoms with Crippen LogP contribution in [0.1, 0.15) is 23.0 Å². The second-order valence-corrected chi connectivity index (χ2v) is 8.13. The number of nitrogens with zero attached hydrogens (tertiary/aromatic N) is 2. The van der Waals surface area contributed by atoms with Gasteiger partial charge in [0, 0.05) is 18.2 Å². The molecule has 11 heteroatoms. The third-order valence-corrected chi connectivity index (χ3v) is 5.95. The molecule has 0 spiro atoms. The Morgan fingerprint density at radius 3 is 2.48 bits per heavy atom. The van der Waals surface area contributed by atoms with Gasteiger partial charge < -0.3 is 15.4 Å². The Labute approximate surface area is 185 Å². The molecule has 3 rings (SSSR count). The molecule has 1 aromatic heterocycles. The van der Waals surface area contributed by atoms with Crippen molar-refractivity contribution in [3.63, 3.8) is 0 Å². The van der Waals surface area contributed by atoms with Gasteiger partial charge >= 0.3 is 0 Å². The van der Waals surface area contributed by atoms with E-state index in [4.69, 9.17) is 4.74 Å². The molecule has 9 nitrogen and oxygen atoms in total. The zero-order valence-corrected chi connectivity index (χ0v) is 18.5. The fourth-order valence-electron chi connectivity index (χ4n) is 2.76. The Kier molecular flexibility index (Phi) is 7.00. The molecule has 0 aliphatic carbocycles. The quantitative estimate of drug-likeness (QED) is 0.459. The van der Waals surface area contributed by atoms with Crippen LogP contribution in [0.4, 0.5) is 21.5 Å². The minimum Gasteiger partial charge on any atom is -0.495 e. The molecule has 0 radical (unpaired) electrons. The van der Waals surface area contributed by atoms with Gasteiger partial charge in [-0.3, -0.25) is 14.1 Å². The molecule has 0 bridgehead atoms. The number of hydrogen-bond acceptors (Lipinski definition) is 6. The van der Waals surface area contributed by atoms with E-state index in [1.807, 2.05) is 6.07 Å². The molecule has 2 aromatic carbocycles. The van der Waals surface area contributed by atoms with Crippen LogP contribution in [0, 0.1) is 6.92 Å². The molecule has 3 aromatic rings. The van der Waals surface area contributed by atoms with Crippen LogP contribution in [0.3, 0.4) is 0 Å². The van der Waals surface area contributed by atoms with Gasteiger partial charge in [0.1, 0.15) is 16.4 Å². The van der Waals surface area contributed by atoms with Gasteiger partial charge in [0.25, 0.3) is 17.2 Å². The van der Waals surface area contributed by atoms with Crippen molar-refractivity contribution < 1.29 is 23.1 Å². The van der Waals surface area contributed by atoms with E-state index in [2.05, 4.69) is 15.6 Å². The predicted molar refractivity (Wildman–Crippen MR) is 121 cm³/mol. The number of ether oxygens (including phenoxy) is 1. The fourth-order valence-corrected chi connectivity index (χ4v) is 4.58. The van der Waals surface area contributed by atoms with E-state index in [1.165, 1.54) is 20.1 Å². The number of methoxy groups -OCH3 is 1. The number of anilines is 4. The average Bonchev–Trinajstić information content (AvgIpc) is 3.07. The van der Waals surface area contributed by atoms with Crippen LogP contribution in [0.15, 0.2) is 48.5 Å².